The van der Waals surface area contributed by atoms with Gasteiger partial charge in [-0.2, -0.15) is 0 Å². The van der Waals surface area contributed by atoms with Crippen molar-refractivity contribution in [2.24, 2.45) is 0 Å². The fraction of sp³-hybridized carbons (Fsp3) is 0.409. The Morgan fingerprint density at radius 2 is 1.57 bits per heavy atom. The Balaban J connectivity index is 1.90. The van der Waals surface area contributed by atoms with Gasteiger partial charge in [0.2, 0.25) is 0 Å². The number of carbonyl (C=O) groups is 1. The molecule has 0 radical (unpaired) electrons. The molecule has 2 aromatic carbocycles. The van der Waals surface area contributed by atoms with Gasteiger partial charge >= 0.3 is 168 Å². The Kier molecular flexibility index (Phi) is 5.92. The molecule has 1 fully saturated rings. The third kappa shape index (κ3) is 4.81. The number of nitrogens with zero attached hydrogens (tertiary/aromatic N) is 1. The number of benzene rings is 2. The fourth-order valence-electron chi connectivity index (χ4n) is 3.62. The van der Waals surface area contributed by atoms with Crippen LogP contribution in [0.15, 0.2) is 60.7 Å². The van der Waals surface area contributed by atoms with Gasteiger partial charge in [0.25, 0.3) is 0 Å². The van der Waals surface area contributed by atoms with E-state index in [1.165, 1.54) is 0 Å². The zero-order chi connectivity index (χ0) is 20.4. The molecule has 5 nitrogen and oxygen atoms in total. The Morgan fingerprint density at radius 3 is 2.14 bits per heavy atom. The zero-order valence-electron chi connectivity index (χ0n) is 16.5. The van der Waals surface area contributed by atoms with Gasteiger partial charge in [-0.15, -0.1) is 0 Å². The molecule has 3 rings (SSSR count). The van der Waals surface area contributed by atoms with Crippen LogP contribution in [0.3, 0.4) is 0 Å². The van der Waals surface area contributed by atoms with Crippen molar-refractivity contribution in [1.29, 1.82) is 0 Å². The predicted molar refractivity (Wildman–Crippen MR) is 108 cm³/mol. The summed E-state index contributed by atoms with van der Waals surface area (Å²) in [5.74, 6) is 0. The molecule has 28 heavy (non-hydrogen) atoms. The van der Waals surface area contributed by atoms with Gasteiger partial charge < -0.3 is 0 Å². The molecule has 0 saturated carbocycles. The van der Waals surface area contributed by atoms with E-state index in [0.717, 1.165) is 12.0 Å². The molecule has 1 amide bonds. The van der Waals surface area contributed by atoms with Crippen LogP contribution >= 0.6 is 0 Å². The van der Waals surface area contributed by atoms with Crippen LogP contribution in [-0.2, 0) is 12.4 Å². The first-order valence-corrected chi connectivity index (χ1v) is 13.0. The summed E-state index contributed by atoms with van der Waals surface area (Å²) in [4.78, 5) is 14.6. The number of rotatable bonds is 4. The maximum atomic E-state index is 13.0. The number of carbonyl (C=O) groups excluding carboxylic acids is 1. The van der Waals surface area contributed by atoms with Gasteiger partial charge in [-0.25, -0.2) is 0 Å². The van der Waals surface area contributed by atoms with E-state index in [-0.39, 0.29) is 11.4 Å². The van der Waals surface area contributed by atoms with Crippen molar-refractivity contribution in [3.63, 3.8) is 0 Å². The molecular formula is C22H27NO4Se. The second-order valence-corrected chi connectivity index (χ2v) is 12.4. The zero-order valence-corrected chi connectivity index (χ0v) is 18.3. The van der Waals surface area contributed by atoms with Crippen molar-refractivity contribution in [3.05, 3.63) is 66.2 Å². The van der Waals surface area contributed by atoms with Gasteiger partial charge in [-0.05, 0) is 0 Å². The first-order valence-electron chi connectivity index (χ1n) is 9.51. The van der Waals surface area contributed by atoms with Crippen molar-refractivity contribution in [2.45, 2.75) is 56.6 Å². The van der Waals surface area contributed by atoms with Crippen LogP contribution in [0.2, 0.25) is 5.32 Å². The first kappa shape index (κ1) is 20.6. The average Bonchev–Trinajstić information content (AvgIpc) is 3.05. The van der Waals surface area contributed by atoms with Crippen molar-refractivity contribution in [3.8, 4) is 0 Å². The van der Waals surface area contributed by atoms with Crippen LogP contribution in [0, 0.1) is 0 Å². The third-order valence-corrected chi connectivity index (χ3v) is 8.61. The molecule has 0 aromatic heterocycles. The van der Waals surface area contributed by atoms with Gasteiger partial charge in [0.1, 0.15) is 0 Å². The SMILES string of the molecule is CC(C)(C)OC(=O)N1[C@@H](C[Se](=O)(=O)c2ccccc2)CC[C@H]1c1ccccc1. The standard InChI is InChI=1S/C22H27NO4Se/c1-22(2,3)27-21(24)23-18(14-15-20(23)17-10-6-4-7-11-17)16-28(25,26)19-12-8-5-9-13-19/h4-13,18,20H,14-16H2,1-3H3/t18-,20+/m1/s1. The minimum atomic E-state index is -4.38. The second kappa shape index (κ2) is 8.06. The second-order valence-electron chi connectivity index (χ2n) is 8.14. The summed E-state index contributed by atoms with van der Waals surface area (Å²) in [5, 5.41) is -0.0386. The first-order chi connectivity index (χ1) is 13.2. The van der Waals surface area contributed by atoms with Crippen molar-refractivity contribution in [2.75, 3.05) is 0 Å². The molecule has 1 saturated heterocycles. The van der Waals surface area contributed by atoms with E-state index in [1.54, 1.807) is 35.2 Å². The minimum absolute atomic E-state index is 0.0386. The fourth-order valence-corrected chi connectivity index (χ4v) is 6.97. The summed E-state index contributed by atoms with van der Waals surface area (Å²) in [6, 6.07) is 17.7. The number of amides is 1. The summed E-state index contributed by atoms with van der Waals surface area (Å²) in [6.07, 6.45) is 0.898. The molecule has 2 atom stereocenters. The Bertz CT molecular complexity index is 905. The van der Waals surface area contributed by atoms with Crippen molar-refractivity contribution in [1.82, 2.24) is 4.90 Å². The maximum absolute atomic E-state index is 13.0. The normalized spacial score (nSPS) is 20.2. The van der Waals surface area contributed by atoms with E-state index in [9.17, 15) is 12.5 Å². The molecule has 0 spiro atoms. The van der Waals surface area contributed by atoms with Gasteiger partial charge in [-0.1, -0.05) is 0 Å². The quantitative estimate of drug-likeness (QED) is 0.653. The summed E-state index contributed by atoms with van der Waals surface area (Å²) in [5.41, 5.74) is 0.359. The number of likely N-dealkylation sites (tertiary alicyclic amines) is 1. The summed E-state index contributed by atoms with van der Waals surface area (Å²) >= 11 is -4.38. The van der Waals surface area contributed by atoms with Crippen LogP contribution < -0.4 is 4.46 Å². The Morgan fingerprint density at radius 1 is 1.00 bits per heavy atom. The van der Waals surface area contributed by atoms with Crippen molar-refractivity contribution < 1.29 is 17.2 Å². The predicted octanol–water partition coefficient (Wildman–Crippen LogP) is 4.34. The Labute approximate surface area is 168 Å². The molecule has 0 aliphatic carbocycles. The Hall–Kier alpha value is -2.17. The third-order valence-electron chi connectivity index (χ3n) is 4.81. The van der Waals surface area contributed by atoms with Crippen LogP contribution in [0.4, 0.5) is 4.79 Å². The molecule has 2 aromatic rings. The number of hydrogen-bond donors (Lipinski definition) is 0. The molecule has 150 valence electrons. The number of ether oxygens (including phenoxy) is 1. The van der Waals surface area contributed by atoms with E-state index in [2.05, 4.69) is 0 Å². The van der Waals surface area contributed by atoms with Gasteiger partial charge in [0.05, 0.1) is 0 Å². The monoisotopic (exact) mass is 449 g/mol. The summed E-state index contributed by atoms with van der Waals surface area (Å²) in [7, 11) is 0. The topological polar surface area (TPSA) is 63.7 Å². The molecule has 0 unspecified atom stereocenters. The van der Waals surface area contributed by atoms with Crippen LogP contribution in [-0.4, -0.2) is 35.3 Å². The van der Waals surface area contributed by atoms with Crippen molar-refractivity contribution >= 4 is 23.3 Å². The van der Waals surface area contributed by atoms with E-state index in [4.69, 9.17) is 4.74 Å². The van der Waals surface area contributed by atoms with Gasteiger partial charge in [0, 0.05) is 0 Å². The number of hydrogen-bond acceptors (Lipinski definition) is 4. The van der Waals surface area contributed by atoms with Crippen LogP contribution in [0.5, 0.6) is 0 Å². The van der Waals surface area contributed by atoms with E-state index in [1.807, 2.05) is 51.1 Å². The van der Waals surface area contributed by atoms with Gasteiger partial charge in [-0.3, -0.25) is 0 Å². The summed E-state index contributed by atoms with van der Waals surface area (Å²) < 4.78 is 31.9. The molecule has 0 bridgehead atoms. The summed E-state index contributed by atoms with van der Waals surface area (Å²) in [6.45, 7) is 5.45. The van der Waals surface area contributed by atoms with E-state index in [0.29, 0.717) is 10.9 Å². The molecular weight excluding hydrogens is 421 g/mol. The van der Waals surface area contributed by atoms with E-state index < -0.39 is 30.4 Å². The molecule has 1 heterocycles. The average molecular weight is 448 g/mol. The molecule has 0 N–H and O–H groups in total. The molecule has 6 heteroatoms. The van der Waals surface area contributed by atoms with E-state index >= 15 is 0 Å². The van der Waals surface area contributed by atoms with Crippen LogP contribution in [0.1, 0.15) is 45.2 Å². The van der Waals surface area contributed by atoms with Gasteiger partial charge in [0.15, 0.2) is 0 Å². The van der Waals surface area contributed by atoms with Crippen LogP contribution in [0.25, 0.3) is 0 Å². The molecule has 1 aliphatic heterocycles. The molecule has 1 aliphatic rings.